The maximum atomic E-state index is 11.8. The number of hydrogen-bond donors (Lipinski definition) is 1. The van der Waals surface area contributed by atoms with Gasteiger partial charge in [-0.2, -0.15) is 0 Å². The van der Waals surface area contributed by atoms with Gasteiger partial charge in [-0.15, -0.1) is 0 Å². The summed E-state index contributed by atoms with van der Waals surface area (Å²) in [5, 5.41) is 3.13. The minimum atomic E-state index is -0.338. The van der Waals surface area contributed by atoms with Gasteiger partial charge in [-0.05, 0) is 43.0 Å². The van der Waals surface area contributed by atoms with Crippen LogP contribution in [0.4, 0.5) is 0 Å². The van der Waals surface area contributed by atoms with E-state index < -0.39 is 0 Å². The van der Waals surface area contributed by atoms with Crippen molar-refractivity contribution in [2.24, 2.45) is 0 Å². The molecule has 0 bridgehead atoms. The maximum absolute atomic E-state index is 11.8. The van der Waals surface area contributed by atoms with Crippen molar-refractivity contribution >= 4 is 22.7 Å². The molecule has 6 heteroatoms. The zero-order valence-corrected chi connectivity index (χ0v) is 19.7. The number of carbonyl (C=O) groups is 2. The Labute approximate surface area is 194 Å². The molecule has 0 amide bonds. The zero-order valence-electron chi connectivity index (χ0n) is 18.9. The summed E-state index contributed by atoms with van der Waals surface area (Å²) >= 11 is 1.09. The van der Waals surface area contributed by atoms with E-state index in [1.54, 1.807) is 0 Å². The van der Waals surface area contributed by atoms with Crippen LogP contribution in [0.3, 0.4) is 0 Å². The molecule has 2 aliphatic rings. The molecule has 1 N–H and O–H groups in total. The molecule has 1 heterocycles. The first-order valence-corrected chi connectivity index (χ1v) is 11.9. The first-order valence-electron chi connectivity index (χ1n) is 11.0. The lowest BCUT2D eigenvalue weighted by Gasteiger charge is -2.16. The Hall–Kier alpha value is -2.73. The largest absolute Gasteiger partial charge is 0.493 e. The van der Waals surface area contributed by atoms with E-state index in [0.717, 1.165) is 53.8 Å². The Balaban J connectivity index is 1.50. The minimum absolute atomic E-state index is 0.0155. The van der Waals surface area contributed by atoms with Gasteiger partial charge in [0.05, 0.1) is 17.6 Å². The van der Waals surface area contributed by atoms with Crippen LogP contribution >= 0.6 is 11.8 Å². The Morgan fingerprint density at radius 1 is 1.19 bits per heavy atom. The number of carbonyl (C=O) groups excluding carboxylic acids is 2. The molecule has 3 rings (SSSR count). The number of hydrogen-bond acceptors (Lipinski definition) is 6. The van der Waals surface area contributed by atoms with Crippen LogP contribution in [0.25, 0.3) is 0 Å². The zero-order chi connectivity index (χ0) is 22.9. The second kappa shape index (κ2) is 11.8. The molecule has 0 aromatic heterocycles. The van der Waals surface area contributed by atoms with Gasteiger partial charge < -0.3 is 14.8 Å². The predicted octanol–water partition coefficient (Wildman–Crippen LogP) is 5.25. The van der Waals surface area contributed by atoms with Crippen molar-refractivity contribution in [2.75, 3.05) is 6.61 Å². The lowest BCUT2D eigenvalue weighted by atomic mass is 10.1. The molecule has 2 atom stereocenters. The summed E-state index contributed by atoms with van der Waals surface area (Å²) in [7, 11) is 0. The van der Waals surface area contributed by atoms with Crippen molar-refractivity contribution in [3.05, 3.63) is 77.2 Å². The van der Waals surface area contributed by atoms with Gasteiger partial charge in [0.1, 0.15) is 17.3 Å². The highest BCUT2D eigenvalue weighted by Gasteiger charge is 2.26. The molecule has 1 aromatic carbocycles. The maximum Gasteiger partial charge on any atom is 0.192 e. The molecule has 5 nitrogen and oxygen atoms in total. The van der Waals surface area contributed by atoms with Gasteiger partial charge in [0, 0.05) is 19.8 Å². The number of allylic oxidation sites excluding steroid dienone is 6. The normalized spacial score (nSPS) is 18.5. The predicted molar refractivity (Wildman–Crippen MR) is 129 cm³/mol. The number of Topliss-reactive ketones (excluding diaryl/α,β-unsaturated/α-hetero) is 1. The van der Waals surface area contributed by atoms with Gasteiger partial charge in [0.15, 0.2) is 11.3 Å². The van der Waals surface area contributed by atoms with Crippen LogP contribution in [0.2, 0.25) is 0 Å². The van der Waals surface area contributed by atoms with Gasteiger partial charge in [-0.3, -0.25) is 9.59 Å². The monoisotopic (exact) mass is 453 g/mol. The first kappa shape index (κ1) is 23.9. The minimum Gasteiger partial charge on any atom is -0.493 e. The number of ether oxygens (including phenoxy) is 2. The highest BCUT2D eigenvalue weighted by Crippen LogP contribution is 2.27. The molecule has 1 aliphatic carbocycles. The molecular weight excluding hydrogens is 422 g/mol. The molecule has 0 saturated carbocycles. The van der Waals surface area contributed by atoms with Crippen molar-refractivity contribution in [2.45, 2.75) is 57.9 Å². The standard InChI is InChI=1S/C26H31NO4S/c1-4-24-23(27-26(31-24)21-9-7-5-6-8-10-21)15-16-30-22-13-11-20(12-14-22)17-25(18(2)28)32-19(3)29/h5-9,11-14,25-27H,4,10,15-17H2,1-3H3. The van der Waals surface area contributed by atoms with Gasteiger partial charge >= 0.3 is 0 Å². The fourth-order valence-electron chi connectivity index (χ4n) is 3.62. The van der Waals surface area contributed by atoms with Crippen LogP contribution in [-0.4, -0.2) is 29.0 Å². The highest BCUT2D eigenvalue weighted by molar-refractivity contribution is 8.14. The summed E-state index contributed by atoms with van der Waals surface area (Å²) < 4.78 is 12.1. The number of thioether (sulfide) groups is 1. The molecule has 0 spiro atoms. The summed E-state index contributed by atoms with van der Waals surface area (Å²) in [6.45, 7) is 5.66. The van der Waals surface area contributed by atoms with Gasteiger partial charge in [-0.25, -0.2) is 0 Å². The molecule has 0 radical (unpaired) electrons. The molecule has 0 fully saturated rings. The molecule has 170 valence electrons. The van der Waals surface area contributed by atoms with E-state index in [1.165, 1.54) is 19.4 Å². The van der Waals surface area contributed by atoms with E-state index in [-0.39, 0.29) is 22.4 Å². The molecule has 2 unspecified atom stereocenters. The first-order chi connectivity index (χ1) is 15.5. The summed E-state index contributed by atoms with van der Waals surface area (Å²) in [4.78, 5) is 23.1. The summed E-state index contributed by atoms with van der Waals surface area (Å²) in [5.74, 6) is 1.79. The Kier molecular flexibility index (Phi) is 8.80. The number of benzene rings is 1. The second-order valence-corrected chi connectivity index (χ2v) is 9.19. The Morgan fingerprint density at radius 3 is 2.66 bits per heavy atom. The molecular formula is C26H31NO4S. The molecule has 0 saturated heterocycles. The summed E-state index contributed by atoms with van der Waals surface area (Å²) in [6, 6.07) is 7.73. The van der Waals surface area contributed by atoms with Crippen molar-refractivity contribution in [3.63, 3.8) is 0 Å². The van der Waals surface area contributed by atoms with Crippen LogP contribution in [0, 0.1) is 0 Å². The van der Waals surface area contributed by atoms with Gasteiger partial charge in [0.2, 0.25) is 0 Å². The van der Waals surface area contributed by atoms with Crippen molar-refractivity contribution in [3.8, 4) is 5.75 Å². The average Bonchev–Trinajstić information content (AvgIpc) is 2.98. The fraction of sp³-hybridized carbons (Fsp3) is 0.385. The third-order valence-electron chi connectivity index (χ3n) is 5.31. The van der Waals surface area contributed by atoms with Crippen LogP contribution in [0.15, 0.2) is 71.7 Å². The molecule has 1 aromatic rings. The van der Waals surface area contributed by atoms with Crippen molar-refractivity contribution < 1.29 is 19.1 Å². The lowest BCUT2D eigenvalue weighted by molar-refractivity contribution is -0.117. The van der Waals surface area contributed by atoms with E-state index in [0.29, 0.717) is 13.0 Å². The van der Waals surface area contributed by atoms with E-state index in [9.17, 15) is 9.59 Å². The van der Waals surface area contributed by atoms with E-state index in [2.05, 4.69) is 30.5 Å². The van der Waals surface area contributed by atoms with Gasteiger partial charge in [0.25, 0.3) is 0 Å². The van der Waals surface area contributed by atoms with Crippen molar-refractivity contribution in [1.82, 2.24) is 5.32 Å². The topological polar surface area (TPSA) is 64.6 Å². The summed E-state index contributed by atoms with van der Waals surface area (Å²) in [5.41, 5.74) is 3.31. The van der Waals surface area contributed by atoms with Crippen LogP contribution in [0.1, 0.15) is 45.6 Å². The lowest BCUT2D eigenvalue weighted by Crippen LogP contribution is -2.26. The number of nitrogens with one attached hydrogen (secondary N) is 1. The van der Waals surface area contributed by atoms with Crippen LogP contribution in [-0.2, 0) is 20.7 Å². The van der Waals surface area contributed by atoms with Crippen molar-refractivity contribution in [1.29, 1.82) is 0 Å². The second-order valence-electron chi connectivity index (χ2n) is 7.81. The quantitative estimate of drug-likeness (QED) is 0.522. The number of ketones is 1. The van der Waals surface area contributed by atoms with E-state index in [4.69, 9.17) is 9.47 Å². The average molecular weight is 454 g/mol. The summed E-state index contributed by atoms with van der Waals surface area (Å²) in [6.07, 6.45) is 13.2. The fourth-order valence-corrected chi connectivity index (χ4v) is 4.46. The molecule has 32 heavy (non-hydrogen) atoms. The number of rotatable bonds is 10. The van der Waals surface area contributed by atoms with E-state index >= 15 is 0 Å². The third-order valence-corrected chi connectivity index (χ3v) is 6.42. The molecule has 1 aliphatic heterocycles. The highest BCUT2D eigenvalue weighted by atomic mass is 32.2. The van der Waals surface area contributed by atoms with Crippen LogP contribution < -0.4 is 10.1 Å². The Morgan fingerprint density at radius 2 is 1.97 bits per heavy atom. The van der Waals surface area contributed by atoms with Crippen LogP contribution in [0.5, 0.6) is 5.75 Å². The SMILES string of the molecule is CCC1=C(CCOc2ccc(CC(SC(C)=O)C(C)=O)cc2)NC(C2=CC=CC=CC2)O1. The Bertz CT molecular complexity index is 943. The third kappa shape index (κ3) is 6.89. The van der Waals surface area contributed by atoms with E-state index in [1.807, 2.05) is 36.4 Å². The smallest absolute Gasteiger partial charge is 0.192 e. The van der Waals surface area contributed by atoms with Gasteiger partial charge in [-0.1, -0.05) is 61.2 Å².